The summed E-state index contributed by atoms with van der Waals surface area (Å²) in [6.45, 7) is 0.396. The summed E-state index contributed by atoms with van der Waals surface area (Å²) in [5.74, 6) is -0.101. The molecule has 4 aromatic rings. The van der Waals surface area contributed by atoms with Crippen LogP contribution in [-0.4, -0.2) is 51.5 Å². The van der Waals surface area contributed by atoms with Crippen LogP contribution in [0.15, 0.2) is 84.0 Å². The van der Waals surface area contributed by atoms with E-state index in [-0.39, 0.29) is 17.5 Å². The first kappa shape index (κ1) is 24.2. The lowest BCUT2D eigenvalue weighted by Crippen LogP contribution is -2.28. The molecule has 9 heteroatoms. The molecule has 1 aromatic heterocycles. The van der Waals surface area contributed by atoms with Gasteiger partial charge >= 0.3 is 5.97 Å². The van der Waals surface area contributed by atoms with Gasteiger partial charge in [-0.05, 0) is 54.1 Å². The summed E-state index contributed by atoms with van der Waals surface area (Å²) < 4.78 is 20.0. The van der Waals surface area contributed by atoms with Crippen LogP contribution in [0.3, 0.4) is 0 Å². The van der Waals surface area contributed by atoms with Crippen molar-refractivity contribution in [3.63, 3.8) is 0 Å². The van der Waals surface area contributed by atoms with E-state index in [0.29, 0.717) is 28.7 Å². The van der Waals surface area contributed by atoms with Gasteiger partial charge in [0.2, 0.25) is 5.91 Å². The fourth-order valence-corrected chi connectivity index (χ4v) is 4.31. The largest absolute Gasteiger partial charge is 0.465 e. The molecule has 0 spiro atoms. The average Bonchev–Trinajstić information content (AvgIpc) is 3.32. The molecule has 0 aliphatic carbocycles. The highest BCUT2D eigenvalue weighted by molar-refractivity contribution is 7.99. The Bertz CT molecular complexity index is 1310. The van der Waals surface area contributed by atoms with E-state index < -0.39 is 5.97 Å². The number of benzene rings is 3. The highest BCUT2D eigenvalue weighted by Gasteiger charge is 2.18. The zero-order valence-electron chi connectivity index (χ0n) is 19.2. The lowest BCUT2D eigenvalue weighted by Gasteiger charge is -2.17. The first-order valence-corrected chi connectivity index (χ1v) is 11.8. The van der Waals surface area contributed by atoms with Crippen LogP contribution in [0, 0.1) is 5.82 Å². The van der Waals surface area contributed by atoms with Crippen molar-refractivity contribution in [3.8, 4) is 17.1 Å². The fourth-order valence-electron chi connectivity index (χ4n) is 3.42. The molecule has 0 unspecified atom stereocenters. The van der Waals surface area contributed by atoms with E-state index in [1.165, 1.54) is 31.0 Å². The van der Waals surface area contributed by atoms with Crippen LogP contribution >= 0.6 is 11.8 Å². The number of hydrogen-bond acceptors (Lipinski definition) is 6. The van der Waals surface area contributed by atoms with Gasteiger partial charge in [0, 0.05) is 24.8 Å². The Labute approximate surface area is 206 Å². The van der Waals surface area contributed by atoms with E-state index >= 15 is 0 Å². The van der Waals surface area contributed by atoms with Crippen molar-refractivity contribution in [3.05, 3.63) is 95.8 Å². The number of hydrogen-bond donors (Lipinski definition) is 0. The zero-order chi connectivity index (χ0) is 24.8. The van der Waals surface area contributed by atoms with Crippen LogP contribution < -0.4 is 0 Å². The number of esters is 1. The third kappa shape index (κ3) is 5.75. The maximum atomic E-state index is 13.4. The number of carbonyl (C=O) groups excluding carboxylic acids is 2. The highest BCUT2D eigenvalue weighted by Crippen LogP contribution is 2.28. The smallest absolute Gasteiger partial charge is 0.337 e. The molecule has 178 valence electrons. The number of para-hydroxylation sites is 1. The minimum Gasteiger partial charge on any atom is -0.465 e. The number of amides is 1. The second-order valence-electron chi connectivity index (χ2n) is 7.71. The molecule has 0 saturated carbocycles. The van der Waals surface area contributed by atoms with Gasteiger partial charge in [-0.15, -0.1) is 10.2 Å². The number of methoxy groups -OCH3 is 1. The monoisotopic (exact) mass is 490 g/mol. The average molecular weight is 491 g/mol. The number of nitrogens with zero attached hydrogens (tertiary/aromatic N) is 4. The van der Waals surface area contributed by atoms with Crippen molar-refractivity contribution in [1.29, 1.82) is 0 Å². The van der Waals surface area contributed by atoms with E-state index in [2.05, 4.69) is 10.2 Å². The van der Waals surface area contributed by atoms with E-state index in [1.54, 1.807) is 48.3 Å². The van der Waals surface area contributed by atoms with Crippen LogP contribution in [0.25, 0.3) is 17.1 Å². The van der Waals surface area contributed by atoms with E-state index in [0.717, 1.165) is 11.3 Å². The molecule has 1 amide bonds. The van der Waals surface area contributed by atoms with Gasteiger partial charge in [0.25, 0.3) is 0 Å². The van der Waals surface area contributed by atoms with Crippen molar-refractivity contribution in [2.24, 2.45) is 0 Å². The van der Waals surface area contributed by atoms with Crippen LogP contribution in [0.5, 0.6) is 0 Å². The van der Waals surface area contributed by atoms with Gasteiger partial charge in [-0.1, -0.05) is 42.1 Å². The van der Waals surface area contributed by atoms with Gasteiger partial charge in [-0.3, -0.25) is 9.36 Å². The molecule has 0 fully saturated rings. The molecule has 0 saturated heterocycles. The van der Waals surface area contributed by atoms with Crippen molar-refractivity contribution < 1.29 is 18.7 Å². The molecular formula is C26H23FN4O3S. The second kappa shape index (κ2) is 11.0. The Hall–Kier alpha value is -3.98. The number of halogens is 1. The van der Waals surface area contributed by atoms with Crippen LogP contribution in [0.2, 0.25) is 0 Å². The molecule has 0 aliphatic heterocycles. The molecule has 0 aliphatic rings. The number of carbonyl (C=O) groups is 2. The van der Waals surface area contributed by atoms with Gasteiger partial charge < -0.3 is 9.64 Å². The summed E-state index contributed by atoms with van der Waals surface area (Å²) in [4.78, 5) is 26.0. The summed E-state index contributed by atoms with van der Waals surface area (Å²) in [6.07, 6.45) is 0. The zero-order valence-corrected chi connectivity index (χ0v) is 20.0. The number of rotatable bonds is 8. The lowest BCUT2D eigenvalue weighted by molar-refractivity contribution is -0.127. The minimum absolute atomic E-state index is 0.0852. The molecule has 4 rings (SSSR count). The Kier molecular flexibility index (Phi) is 7.57. The Balaban J connectivity index is 1.48. The van der Waals surface area contributed by atoms with E-state index in [9.17, 15) is 14.0 Å². The Morgan fingerprint density at radius 2 is 1.66 bits per heavy atom. The molecule has 0 radical (unpaired) electrons. The summed E-state index contributed by atoms with van der Waals surface area (Å²) >= 11 is 1.28. The Morgan fingerprint density at radius 1 is 0.971 bits per heavy atom. The summed E-state index contributed by atoms with van der Waals surface area (Å²) in [5.41, 5.74) is 2.90. The normalized spacial score (nSPS) is 10.7. The van der Waals surface area contributed by atoms with Gasteiger partial charge in [0.05, 0.1) is 18.4 Å². The molecule has 7 nitrogen and oxygen atoms in total. The molecule has 0 bridgehead atoms. The third-order valence-corrected chi connectivity index (χ3v) is 6.21. The summed E-state index contributed by atoms with van der Waals surface area (Å²) in [6, 6.07) is 22.6. The number of ether oxygens (including phenoxy) is 1. The van der Waals surface area contributed by atoms with Crippen LogP contribution in [0.4, 0.5) is 4.39 Å². The van der Waals surface area contributed by atoms with Gasteiger partial charge in [0.15, 0.2) is 11.0 Å². The Morgan fingerprint density at radius 3 is 2.31 bits per heavy atom. The summed E-state index contributed by atoms with van der Waals surface area (Å²) in [7, 11) is 3.06. The molecule has 1 heterocycles. The standard InChI is InChI=1S/C26H23FN4O3S/c1-30(16-18-8-10-20(11-9-18)25(33)34-2)23(32)17-35-26-29-28-24(19-12-14-21(27)15-13-19)31(26)22-6-4-3-5-7-22/h3-15H,16-17H2,1-2H3. The quantitative estimate of drug-likeness (QED) is 0.265. The van der Waals surface area contributed by atoms with Gasteiger partial charge in [-0.25, -0.2) is 9.18 Å². The summed E-state index contributed by atoms with van der Waals surface area (Å²) in [5, 5.41) is 9.18. The molecule has 0 atom stereocenters. The first-order chi connectivity index (χ1) is 17.0. The lowest BCUT2D eigenvalue weighted by atomic mass is 10.1. The van der Waals surface area contributed by atoms with Gasteiger partial charge in [0.1, 0.15) is 5.82 Å². The SMILES string of the molecule is COC(=O)c1ccc(CN(C)C(=O)CSc2nnc(-c3ccc(F)cc3)n2-c2ccccc2)cc1. The minimum atomic E-state index is -0.403. The van der Waals surface area contributed by atoms with Crippen molar-refractivity contribution >= 4 is 23.6 Å². The molecule has 3 aromatic carbocycles. The van der Waals surface area contributed by atoms with Crippen molar-refractivity contribution in [1.82, 2.24) is 19.7 Å². The number of thioether (sulfide) groups is 1. The fraction of sp³-hybridized carbons (Fsp3) is 0.154. The topological polar surface area (TPSA) is 77.3 Å². The molecule has 0 N–H and O–H groups in total. The molecule has 35 heavy (non-hydrogen) atoms. The van der Waals surface area contributed by atoms with Crippen molar-refractivity contribution in [2.75, 3.05) is 19.9 Å². The second-order valence-corrected chi connectivity index (χ2v) is 8.65. The van der Waals surface area contributed by atoms with E-state index in [4.69, 9.17) is 4.74 Å². The van der Waals surface area contributed by atoms with E-state index in [1.807, 2.05) is 34.9 Å². The van der Waals surface area contributed by atoms with Crippen LogP contribution in [0.1, 0.15) is 15.9 Å². The maximum Gasteiger partial charge on any atom is 0.337 e. The molecular weight excluding hydrogens is 467 g/mol. The van der Waals surface area contributed by atoms with Crippen molar-refractivity contribution in [2.45, 2.75) is 11.7 Å². The number of aromatic nitrogens is 3. The first-order valence-electron chi connectivity index (χ1n) is 10.8. The van der Waals surface area contributed by atoms with Crippen LogP contribution in [-0.2, 0) is 16.1 Å². The van der Waals surface area contributed by atoms with Gasteiger partial charge in [-0.2, -0.15) is 0 Å². The highest BCUT2D eigenvalue weighted by atomic mass is 32.2. The predicted molar refractivity (Wildman–Crippen MR) is 132 cm³/mol. The maximum absolute atomic E-state index is 13.4. The third-order valence-electron chi connectivity index (χ3n) is 5.30. The predicted octanol–water partition coefficient (Wildman–Crippen LogP) is 4.61.